The number of benzene rings is 2. The van der Waals surface area contributed by atoms with Crippen LogP contribution in [0.15, 0.2) is 48.5 Å². The topological polar surface area (TPSA) is 91.3 Å². The molecule has 1 heterocycles. The Balaban J connectivity index is 1.66. The summed E-state index contributed by atoms with van der Waals surface area (Å²) in [5.41, 5.74) is 8.54. The van der Waals surface area contributed by atoms with Gasteiger partial charge in [0.2, 0.25) is 0 Å². The maximum absolute atomic E-state index is 10.6. The van der Waals surface area contributed by atoms with Crippen LogP contribution in [0.3, 0.4) is 0 Å². The summed E-state index contributed by atoms with van der Waals surface area (Å²) in [5.74, 6) is 0.720. The Hall–Kier alpha value is -2.93. The van der Waals surface area contributed by atoms with Gasteiger partial charge in [-0.3, -0.25) is 10.1 Å². The van der Waals surface area contributed by atoms with Gasteiger partial charge < -0.3 is 10.5 Å². The molecule has 0 atom stereocenters. The molecule has 6 nitrogen and oxygen atoms in total. The van der Waals surface area contributed by atoms with Crippen LogP contribution in [-0.2, 0) is 6.61 Å². The van der Waals surface area contributed by atoms with Gasteiger partial charge >= 0.3 is 0 Å². The highest BCUT2D eigenvalue weighted by molar-refractivity contribution is 7.15. The van der Waals surface area contributed by atoms with Gasteiger partial charge in [-0.2, -0.15) is 0 Å². The van der Waals surface area contributed by atoms with Gasteiger partial charge in [0.1, 0.15) is 12.4 Å². The minimum Gasteiger partial charge on any atom is -0.489 e. The van der Waals surface area contributed by atoms with Gasteiger partial charge in [-0.25, -0.2) is 4.98 Å². The molecule has 1 aromatic heterocycles. The average molecular weight is 341 g/mol. The molecule has 3 aromatic rings. The van der Waals surface area contributed by atoms with Crippen molar-refractivity contribution < 1.29 is 9.66 Å². The molecule has 0 fully saturated rings. The van der Waals surface area contributed by atoms with Crippen molar-refractivity contribution in [3.63, 3.8) is 0 Å². The molecular weight excluding hydrogens is 326 g/mol. The summed E-state index contributed by atoms with van der Waals surface area (Å²) in [4.78, 5) is 15.6. The number of hydrogen-bond acceptors (Lipinski definition) is 6. The zero-order chi connectivity index (χ0) is 17.1. The van der Waals surface area contributed by atoms with Crippen molar-refractivity contribution in [2.75, 3.05) is 5.73 Å². The zero-order valence-corrected chi connectivity index (χ0v) is 13.7. The van der Waals surface area contributed by atoms with Crippen molar-refractivity contribution in [3.8, 4) is 17.0 Å². The van der Waals surface area contributed by atoms with E-state index in [2.05, 4.69) is 4.98 Å². The fraction of sp³-hybridized carbons (Fsp3) is 0.118. The van der Waals surface area contributed by atoms with E-state index in [1.807, 2.05) is 31.2 Å². The molecule has 24 heavy (non-hydrogen) atoms. The van der Waals surface area contributed by atoms with Gasteiger partial charge in [0.05, 0.1) is 10.6 Å². The Morgan fingerprint density at radius 2 is 1.83 bits per heavy atom. The number of aromatic nitrogens is 1. The van der Waals surface area contributed by atoms with E-state index in [-0.39, 0.29) is 5.69 Å². The second-order valence-corrected chi connectivity index (χ2v) is 6.43. The van der Waals surface area contributed by atoms with Crippen molar-refractivity contribution in [1.82, 2.24) is 4.98 Å². The fourth-order valence-corrected chi connectivity index (χ4v) is 2.99. The summed E-state index contributed by atoms with van der Waals surface area (Å²) < 4.78 is 5.71. The third kappa shape index (κ3) is 3.52. The molecule has 0 saturated carbocycles. The molecule has 3 rings (SSSR count). The number of hydrogen-bond donors (Lipinski definition) is 1. The molecule has 0 aliphatic rings. The first-order valence-electron chi connectivity index (χ1n) is 7.22. The second kappa shape index (κ2) is 6.67. The Bertz CT molecular complexity index is 858. The minimum absolute atomic E-state index is 0.0704. The van der Waals surface area contributed by atoms with Crippen molar-refractivity contribution in [2.24, 2.45) is 0 Å². The number of thiazole rings is 1. The van der Waals surface area contributed by atoms with Gasteiger partial charge in [0.25, 0.3) is 5.69 Å². The van der Waals surface area contributed by atoms with Crippen LogP contribution in [-0.4, -0.2) is 9.91 Å². The predicted octanol–water partition coefficient (Wildman–Crippen LogP) is 4.19. The molecule has 0 radical (unpaired) electrons. The molecule has 0 aliphatic carbocycles. The lowest BCUT2D eigenvalue weighted by Crippen LogP contribution is -1.96. The first kappa shape index (κ1) is 15.9. The van der Waals surface area contributed by atoms with Crippen molar-refractivity contribution in [1.29, 1.82) is 0 Å². The predicted molar refractivity (Wildman–Crippen MR) is 94.1 cm³/mol. The number of nitro groups is 1. The maximum atomic E-state index is 10.6. The van der Waals surface area contributed by atoms with Crippen LogP contribution in [0.25, 0.3) is 11.3 Å². The van der Waals surface area contributed by atoms with Gasteiger partial charge in [0, 0.05) is 22.6 Å². The zero-order valence-electron chi connectivity index (χ0n) is 12.9. The number of nitrogen functional groups attached to an aromatic ring is 1. The SMILES string of the molecule is Cc1sc(N)nc1-c1ccc(OCc2ccc([N+](=O)[O-])cc2)cc1. The van der Waals surface area contributed by atoms with Gasteiger partial charge in [-0.15, -0.1) is 11.3 Å². The molecule has 0 bridgehead atoms. The van der Waals surface area contributed by atoms with E-state index < -0.39 is 4.92 Å². The van der Waals surface area contributed by atoms with E-state index in [4.69, 9.17) is 10.5 Å². The summed E-state index contributed by atoms with van der Waals surface area (Å²) in [6.07, 6.45) is 0. The molecule has 0 aliphatic heterocycles. The highest BCUT2D eigenvalue weighted by Crippen LogP contribution is 2.30. The first-order chi connectivity index (χ1) is 11.5. The van der Waals surface area contributed by atoms with Crippen LogP contribution < -0.4 is 10.5 Å². The molecule has 0 amide bonds. The molecule has 2 aromatic carbocycles. The number of nitrogens with two attached hydrogens (primary N) is 1. The number of aryl methyl sites for hydroxylation is 1. The normalized spacial score (nSPS) is 10.5. The van der Waals surface area contributed by atoms with Gasteiger partial charge in [-0.1, -0.05) is 0 Å². The summed E-state index contributed by atoms with van der Waals surface area (Å²) >= 11 is 1.47. The standard InChI is InChI=1S/C17H15N3O3S/c1-11-16(19-17(18)24-11)13-4-8-15(9-5-13)23-10-12-2-6-14(7-3-12)20(21)22/h2-9H,10H2,1H3,(H2,18,19). The highest BCUT2D eigenvalue weighted by Gasteiger charge is 2.08. The van der Waals surface area contributed by atoms with E-state index in [0.717, 1.165) is 27.4 Å². The van der Waals surface area contributed by atoms with Gasteiger partial charge in [-0.05, 0) is 48.9 Å². The average Bonchev–Trinajstić information content (AvgIpc) is 2.92. The summed E-state index contributed by atoms with van der Waals surface area (Å²) in [7, 11) is 0. The third-order valence-corrected chi connectivity index (χ3v) is 4.29. The van der Waals surface area contributed by atoms with Crippen molar-refractivity contribution in [3.05, 3.63) is 69.1 Å². The van der Waals surface area contributed by atoms with Crippen LogP contribution in [0.5, 0.6) is 5.75 Å². The Labute approximate surface area is 142 Å². The molecule has 0 unspecified atom stereocenters. The number of anilines is 1. The molecule has 0 spiro atoms. The quantitative estimate of drug-likeness (QED) is 0.555. The first-order valence-corrected chi connectivity index (χ1v) is 8.04. The summed E-state index contributed by atoms with van der Waals surface area (Å²) in [5, 5.41) is 11.2. The van der Waals surface area contributed by atoms with Crippen LogP contribution in [0.2, 0.25) is 0 Å². The van der Waals surface area contributed by atoms with E-state index in [0.29, 0.717) is 11.7 Å². The molecule has 122 valence electrons. The van der Waals surface area contributed by atoms with Crippen molar-refractivity contribution >= 4 is 22.2 Å². The van der Waals surface area contributed by atoms with E-state index in [1.165, 1.54) is 23.5 Å². The molecular formula is C17H15N3O3S. The van der Waals surface area contributed by atoms with Crippen LogP contribution in [0, 0.1) is 17.0 Å². The number of nitrogens with zero attached hydrogens (tertiary/aromatic N) is 2. The number of non-ortho nitro benzene ring substituents is 1. The molecule has 7 heteroatoms. The summed E-state index contributed by atoms with van der Waals surface area (Å²) in [6, 6.07) is 13.9. The smallest absolute Gasteiger partial charge is 0.269 e. The molecule has 0 saturated heterocycles. The minimum atomic E-state index is -0.420. The van der Waals surface area contributed by atoms with Gasteiger partial charge in [0.15, 0.2) is 5.13 Å². The van der Waals surface area contributed by atoms with E-state index in [1.54, 1.807) is 12.1 Å². The number of nitro benzene ring substituents is 1. The highest BCUT2D eigenvalue weighted by atomic mass is 32.1. The monoisotopic (exact) mass is 341 g/mol. The lowest BCUT2D eigenvalue weighted by Gasteiger charge is -2.07. The van der Waals surface area contributed by atoms with Crippen molar-refractivity contribution in [2.45, 2.75) is 13.5 Å². The Kier molecular flexibility index (Phi) is 4.43. The van der Waals surface area contributed by atoms with Crippen LogP contribution in [0.4, 0.5) is 10.8 Å². The lowest BCUT2D eigenvalue weighted by atomic mass is 10.1. The van der Waals surface area contributed by atoms with E-state index >= 15 is 0 Å². The van der Waals surface area contributed by atoms with E-state index in [9.17, 15) is 10.1 Å². The third-order valence-electron chi connectivity index (χ3n) is 3.49. The summed E-state index contributed by atoms with van der Waals surface area (Å²) in [6.45, 7) is 2.34. The number of ether oxygens (including phenoxy) is 1. The lowest BCUT2D eigenvalue weighted by molar-refractivity contribution is -0.384. The number of rotatable bonds is 5. The Morgan fingerprint density at radius 3 is 2.38 bits per heavy atom. The second-order valence-electron chi connectivity index (χ2n) is 5.19. The molecule has 2 N–H and O–H groups in total. The van der Waals surface area contributed by atoms with Crippen LogP contribution >= 0.6 is 11.3 Å². The van der Waals surface area contributed by atoms with Crippen LogP contribution in [0.1, 0.15) is 10.4 Å². The fourth-order valence-electron chi connectivity index (χ4n) is 2.27. The largest absolute Gasteiger partial charge is 0.489 e. The maximum Gasteiger partial charge on any atom is 0.269 e. The Morgan fingerprint density at radius 1 is 1.17 bits per heavy atom.